The number of carbonyl (C=O) groups excluding carboxylic acids is 1. The molecule has 1 atom stereocenters. The second-order valence-corrected chi connectivity index (χ2v) is 3.68. The fourth-order valence-electron chi connectivity index (χ4n) is 1.06. The SMILES string of the molecule is CCCCN(C)C(=O)CCC(C)N. The Kier molecular flexibility index (Phi) is 6.59. The van der Waals surface area contributed by atoms with Crippen LogP contribution in [0, 0.1) is 0 Å². The monoisotopic (exact) mass is 186 g/mol. The van der Waals surface area contributed by atoms with E-state index in [1.54, 1.807) is 4.90 Å². The van der Waals surface area contributed by atoms with Gasteiger partial charge in [-0.2, -0.15) is 0 Å². The van der Waals surface area contributed by atoms with Gasteiger partial charge in [-0.05, 0) is 19.8 Å². The number of unbranched alkanes of at least 4 members (excludes halogenated alkanes) is 1. The van der Waals surface area contributed by atoms with Gasteiger partial charge in [0, 0.05) is 26.1 Å². The Balaban J connectivity index is 3.57. The molecule has 0 heterocycles. The Morgan fingerprint density at radius 1 is 1.54 bits per heavy atom. The molecule has 13 heavy (non-hydrogen) atoms. The maximum absolute atomic E-state index is 11.4. The number of hydrogen-bond donors (Lipinski definition) is 1. The van der Waals surface area contributed by atoms with Crippen molar-refractivity contribution in [2.45, 2.75) is 45.6 Å². The van der Waals surface area contributed by atoms with Crippen molar-refractivity contribution in [1.82, 2.24) is 4.90 Å². The van der Waals surface area contributed by atoms with E-state index in [-0.39, 0.29) is 11.9 Å². The fourth-order valence-corrected chi connectivity index (χ4v) is 1.06. The van der Waals surface area contributed by atoms with E-state index < -0.39 is 0 Å². The molecule has 0 aliphatic carbocycles. The van der Waals surface area contributed by atoms with Crippen molar-refractivity contribution in [3.05, 3.63) is 0 Å². The van der Waals surface area contributed by atoms with E-state index in [1.807, 2.05) is 14.0 Å². The summed E-state index contributed by atoms with van der Waals surface area (Å²) in [5, 5.41) is 0. The van der Waals surface area contributed by atoms with Gasteiger partial charge in [-0.15, -0.1) is 0 Å². The number of amides is 1. The Bertz CT molecular complexity index is 146. The van der Waals surface area contributed by atoms with E-state index in [0.29, 0.717) is 6.42 Å². The summed E-state index contributed by atoms with van der Waals surface area (Å²) < 4.78 is 0. The van der Waals surface area contributed by atoms with Gasteiger partial charge in [-0.1, -0.05) is 13.3 Å². The largest absolute Gasteiger partial charge is 0.346 e. The lowest BCUT2D eigenvalue weighted by Gasteiger charge is -2.17. The van der Waals surface area contributed by atoms with Gasteiger partial charge in [0.25, 0.3) is 0 Å². The minimum Gasteiger partial charge on any atom is -0.346 e. The fraction of sp³-hybridized carbons (Fsp3) is 0.900. The molecule has 78 valence electrons. The lowest BCUT2D eigenvalue weighted by Crippen LogP contribution is -2.29. The second kappa shape index (κ2) is 6.89. The van der Waals surface area contributed by atoms with Crippen LogP contribution in [0.4, 0.5) is 0 Å². The van der Waals surface area contributed by atoms with Gasteiger partial charge >= 0.3 is 0 Å². The van der Waals surface area contributed by atoms with Crippen LogP contribution in [0.3, 0.4) is 0 Å². The Labute approximate surface area is 81.3 Å². The second-order valence-electron chi connectivity index (χ2n) is 3.68. The zero-order chi connectivity index (χ0) is 10.3. The molecule has 0 aromatic carbocycles. The molecule has 0 fully saturated rings. The summed E-state index contributed by atoms with van der Waals surface area (Å²) in [6, 6.07) is 0.128. The molecule has 2 N–H and O–H groups in total. The maximum Gasteiger partial charge on any atom is 0.222 e. The van der Waals surface area contributed by atoms with E-state index >= 15 is 0 Å². The van der Waals surface area contributed by atoms with Crippen molar-refractivity contribution in [2.75, 3.05) is 13.6 Å². The first-order valence-corrected chi connectivity index (χ1v) is 5.07. The van der Waals surface area contributed by atoms with Crippen LogP contribution in [-0.4, -0.2) is 30.4 Å². The molecule has 0 saturated heterocycles. The molecule has 0 saturated carbocycles. The van der Waals surface area contributed by atoms with Gasteiger partial charge in [0.15, 0.2) is 0 Å². The highest BCUT2D eigenvalue weighted by molar-refractivity contribution is 5.75. The summed E-state index contributed by atoms with van der Waals surface area (Å²) in [5.74, 6) is 0.214. The van der Waals surface area contributed by atoms with Crippen molar-refractivity contribution in [2.24, 2.45) is 5.73 Å². The van der Waals surface area contributed by atoms with Crippen molar-refractivity contribution in [1.29, 1.82) is 0 Å². The molecular weight excluding hydrogens is 164 g/mol. The number of hydrogen-bond acceptors (Lipinski definition) is 2. The van der Waals surface area contributed by atoms with E-state index in [1.165, 1.54) is 0 Å². The summed E-state index contributed by atoms with van der Waals surface area (Å²) in [6.45, 7) is 4.92. The van der Waals surface area contributed by atoms with Crippen molar-refractivity contribution < 1.29 is 4.79 Å². The third-order valence-corrected chi connectivity index (χ3v) is 2.09. The van der Waals surface area contributed by atoms with Gasteiger partial charge in [0.2, 0.25) is 5.91 Å². The third-order valence-electron chi connectivity index (χ3n) is 2.09. The summed E-state index contributed by atoms with van der Waals surface area (Å²) in [5.41, 5.74) is 5.57. The lowest BCUT2D eigenvalue weighted by molar-refractivity contribution is -0.130. The van der Waals surface area contributed by atoms with Crippen LogP contribution in [-0.2, 0) is 4.79 Å². The molecule has 3 heteroatoms. The predicted octanol–water partition coefficient (Wildman–Crippen LogP) is 1.37. The molecule has 0 bridgehead atoms. The summed E-state index contributed by atoms with van der Waals surface area (Å²) in [6.07, 6.45) is 3.58. The zero-order valence-corrected chi connectivity index (χ0v) is 9.05. The predicted molar refractivity (Wildman–Crippen MR) is 55.4 cm³/mol. The van der Waals surface area contributed by atoms with Crippen LogP contribution in [0.2, 0.25) is 0 Å². The average Bonchev–Trinajstić information content (AvgIpc) is 2.10. The third kappa shape index (κ3) is 6.58. The van der Waals surface area contributed by atoms with E-state index in [2.05, 4.69) is 6.92 Å². The molecule has 0 spiro atoms. The van der Waals surface area contributed by atoms with Gasteiger partial charge < -0.3 is 10.6 Å². The standard InChI is InChI=1S/C10H22N2O/c1-4-5-8-12(3)10(13)7-6-9(2)11/h9H,4-8,11H2,1-3H3. The molecule has 0 aliphatic rings. The van der Waals surface area contributed by atoms with E-state index in [0.717, 1.165) is 25.8 Å². The van der Waals surface area contributed by atoms with Crippen LogP contribution < -0.4 is 5.73 Å². The summed E-state index contributed by atoms with van der Waals surface area (Å²) in [4.78, 5) is 13.2. The highest BCUT2D eigenvalue weighted by atomic mass is 16.2. The van der Waals surface area contributed by atoms with Gasteiger partial charge in [0.05, 0.1) is 0 Å². The first kappa shape index (κ1) is 12.4. The molecular formula is C10H22N2O. The molecule has 1 unspecified atom stereocenters. The average molecular weight is 186 g/mol. The quantitative estimate of drug-likeness (QED) is 0.681. The number of carbonyl (C=O) groups is 1. The van der Waals surface area contributed by atoms with Crippen molar-refractivity contribution in [3.8, 4) is 0 Å². The van der Waals surface area contributed by atoms with Crippen LogP contribution in [0.25, 0.3) is 0 Å². The first-order chi connectivity index (χ1) is 6.07. The Morgan fingerprint density at radius 2 is 2.15 bits per heavy atom. The van der Waals surface area contributed by atoms with Crippen LogP contribution >= 0.6 is 0 Å². The summed E-state index contributed by atoms with van der Waals surface area (Å²) in [7, 11) is 1.86. The topological polar surface area (TPSA) is 46.3 Å². The summed E-state index contributed by atoms with van der Waals surface area (Å²) >= 11 is 0. The van der Waals surface area contributed by atoms with Crippen molar-refractivity contribution >= 4 is 5.91 Å². The highest BCUT2D eigenvalue weighted by Crippen LogP contribution is 2.00. The van der Waals surface area contributed by atoms with Crippen molar-refractivity contribution in [3.63, 3.8) is 0 Å². The van der Waals surface area contributed by atoms with Crippen LogP contribution in [0.5, 0.6) is 0 Å². The normalized spacial score (nSPS) is 12.6. The van der Waals surface area contributed by atoms with Gasteiger partial charge in [-0.3, -0.25) is 4.79 Å². The Hall–Kier alpha value is -0.570. The highest BCUT2D eigenvalue weighted by Gasteiger charge is 2.08. The molecule has 0 aliphatic heterocycles. The Morgan fingerprint density at radius 3 is 2.62 bits per heavy atom. The number of nitrogens with zero attached hydrogens (tertiary/aromatic N) is 1. The molecule has 0 radical (unpaired) electrons. The van der Waals surface area contributed by atoms with E-state index in [9.17, 15) is 4.79 Å². The molecule has 0 rings (SSSR count). The first-order valence-electron chi connectivity index (χ1n) is 5.07. The number of rotatable bonds is 6. The molecule has 1 amide bonds. The van der Waals surface area contributed by atoms with Crippen LogP contribution in [0.1, 0.15) is 39.5 Å². The number of nitrogens with two attached hydrogens (primary N) is 1. The molecule has 3 nitrogen and oxygen atoms in total. The van der Waals surface area contributed by atoms with Gasteiger partial charge in [0.1, 0.15) is 0 Å². The minimum absolute atomic E-state index is 0.128. The van der Waals surface area contributed by atoms with Gasteiger partial charge in [-0.25, -0.2) is 0 Å². The lowest BCUT2D eigenvalue weighted by atomic mass is 10.2. The minimum atomic E-state index is 0.128. The van der Waals surface area contributed by atoms with Crippen LogP contribution in [0.15, 0.2) is 0 Å². The maximum atomic E-state index is 11.4. The zero-order valence-electron chi connectivity index (χ0n) is 9.05. The molecule has 0 aromatic heterocycles. The smallest absolute Gasteiger partial charge is 0.222 e. The van der Waals surface area contributed by atoms with E-state index in [4.69, 9.17) is 5.73 Å². The molecule has 0 aromatic rings.